The Hall–Kier alpha value is -1.30. The van der Waals surface area contributed by atoms with Crippen LogP contribution >= 0.6 is 11.6 Å². The van der Waals surface area contributed by atoms with Crippen molar-refractivity contribution in [1.29, 1.82) is 0 Å². The van der Waals surface area contributed by atoms with Gasteiger partial charge in [0.15, 0.2) is 0 Å². The quantitative estimate of drug-likeness (QED) is 0.635. The lowest BCUT2D eigenvalue weighted by Gasteiger charge is -2.32. The van der Waals surface area contributed by atoms with Crippen LogP contribution in [0.5, 0.6) is 0 Å². The van der Waals surface area contributed by atoms with Crippen LogP contribution in [0.4, 0.5) is 5.69 Å². The van der Waals surface area contributed by atoms with E-state index in [9.17, 15) is 4.79 Å². The molecule has 0 saturated carbocycles. The number of hydrogen-bond acceptors (Lipinski definition) is 4. The number of nitrogen functional groups attached to an aromatic ring is 1. The van der Waals surface area contributed by atoms with E-state index in [0.29, 0.717) is 22.8 Å². The Labute approximate surface area is 131 Å². The third kappa shape index (κ3) is 4.88. The Kier molecular flexibility index (Phi) is 5.85. The van der Waals surface area contributed by atoms with Crippen LogP contribution in [0.15, 0.2) is 18.2 Å². The molecule has 1 aliphatic heterocycles. The van der Waals surface area contributed by atoms with Crippen molar-refractivity contribution in [2.75, 3.05) is 52.0 Å². The number of nitrogens with zero attached hydrogens (tertiary/aromatic N) is 2. The van der Waals surface area contributed by atoms with Crippen LogP contribution in [-0.2, 0) is 0 Å². The highest BCUT2D eigenvalue weighted by molar-refractivity contribution is 6.33. The zero-order chi connectivity index (χ0) is 15.2. The summed E-state index contributed by atoms with van der Waals surface area (Å²) in [6.07, 6.45) is 0.957. The van der Waals surface area contributed by atoms with Gasteiger partial charge in [-0.2, -0.15) is 0 Å². The number of anilines is 1. The summed E-state index contributed by atoms with van der Waals surface area (Å²) in [5.41, 5.74) is 6.68. The van der Waals surface area contributed by atoms with Crippen molar-refractivity contribution < 1.29 is 4.79 Å². The molecule has 0 aliphatic carbocycles. The lowest BCUT2D eigenvalue weighted by atomic mass is 10.2. The summed E-state index contributed by atoms with van der Waals surface area (Å²) >= 11 is 5.84. The van der Waals surface area contributed by atoms with Gasteiger partial charge in [0.1, 0.15) is 0 Å². The minimum atomic E-state index is -0.100. The molecular weight excluding hydrogens is 288 g/mol. The minimum Gasteiger partial charge on any atom is -0.398 e. The van der Waals surface area contributed by atoms with Crippen LogP contribution in [-0.4, -0.2) is 62.0 Å². The second-order valence-electron chi connectivity index (χ2n) is 5.49. The molecule has 6 heteroatoms. The summed E-state index contributed by atoms with van der Waals surface area (Å²) in [4.78, 5) is 16.7. The fraction of sp³-hybridized carbons (Fsp3) is 0.533. The minimum absolute atomic E-state index is 0.100. The van der Waals surface area contributed by atoms with Gasteiger partial charge in [0.05, 0.1) is 10.7 Å². The van der Waals surface area contributed by atoms with E-state index in [2.05, 4.69) is 22.2 Å². The van der Waals surface area contributed by atoms with Gasteiger partial charge in [-0.25, -0.2) is 0 Å². The van der Waals surface area contributed by atoms with Crippen LogP contribution in [0, 0.1) is 0 Å². The van der Waals surface area contributed by atoms with Crippen molar-refractivity contribution >= 4 is 23.2 Å². The van der Waals surface area contributed by atoms with Crippen LogP contribution in [0.1, 0.15) is 16.8 Å². The van der Waals surface area contributed by atoms with Crippen molar-refractivity contribution in [2.45, 2.75) is 6.42 Å². The molecule has 1 heterocycles. The number of piperazine rings is 1. The van der Waals surface area contributed by atoms with Crippen molar-refractivity contribution in [3.05, 3.63) is 28.8 Å². The van der Waals surface area contributed by atoms with E-state index < -0.39 is 0 Å². The summed E-state index contributed by atoms with van der Waals surface area (Å²) in [7, 11) is 2.15. The zero-order valence-electron chi connectivity index (χ0n) is 12.4. The van der Waals surface area contributed by atoms with Crippen LogP contribution in [0.3, 0.4) is 0 Å². The van der Waals surface area contributed by atoms with E-state index in [4.69, 9.17) is 17.3 Å². The molecule has 1 fully saturated rings. The molecule has 1 aliphatic rings. The molecule has 1 aromatic carbocycles. The number of carbonyl (C=O) groups is 1. The predicted molar refractivity (Wildman–Crippen MR) is 86.8 cm³/mol. The molecule has 3 N–H and O–H groups in total. The van der Waals surface area contributed by atoms with Crippen LogP contribution in [0.25, 0.3) is 0 Å². The number of nitrogens with one attached hydrogen (secondary N) is 1. The van der Waals surface area contributed by atoms with Gasteiger partial charge in [-0.05, 0) is 38.2 Å². The van der Waals surface area contributed by atoms with Gasteiger partial charge in [0.2, 0.25) is 0 Å². The number of benzene rings is 1. The highest BCUT2D eigenvalue weighted by Gasteiger charge is 2.13. The summed E-state index contributed by atoms with van der Waals surface area (Å²) in [6, 6.07) is 4.95. The molecule has 0 atom stereocenters. The first kappa shape index (κ1) is 16.1. The zero-order valence-corrected chi connectivity index (χ0v) is 13.2. The molecular formula is C15H23ClN4O. The summed E-state index contributed by atoms with van der Waals surface area (Å²) in [6.45, 7) is 6.16. The van der Waals surface area contributed by atoms with E-state index in [1.165, 1.54) is 0 Å². The molecule has 1 amide bonds. The van der Waals surface area contributed by atoms with Crippen molar-refractivity contribution in [3.63, 3.8) is 0 Å². The molecule has 5 nitrogen and oxygen atoms in total. The van der Waals surface area contributed by atoms with E-state index in [1.54, 1.807) is 18.2 Å². The maximum Gasteiger partial charge on any atom is 0.251 e. The first-order chi connectivity index (χ1) is 10.1. The molecule has 21 heavy (non-hydrogen) atoms. The number of hydrogen-bond donors (Lipinski definition) is 2. The van der Waals surface area contributed by atoms with Gasteiger partial charge in [0.25, 0.3) is 5.91 Å². The second-order valence-corrected chi connectivity index (χ2v) is 5.90. The molecule has 0 aromatic heterocycles. The number of nitrogens with two attached hydrogens (primary N) is 1. The highest BCUT2D eigenvalue weighted by Crippen LogP contribution is 2.19. The molecule has 0 unspecified atom stereocenters. The topological polar surface area (TPSA) is 61.6 Å². The number of amides is 1. The third-order valence-corrected chi connectivity index (χ3v) is 4.13. The Morgan fingerprint density at radius 2 is 2.05 bits per heavy atom. The summed E-state index contributed by atoms with van der Waals surface area (Å²) < 4.78 is 0. The maximum atomic E-state index is 12.0. The van der Waals surface area contributed by atoms with Crippen LogP contribution < -0.4 is 11.1 Å². The molecule has 2 rings (SSSR count). The predicted octanol–water partition coefficient (Wildman–Crippen LogP) is 1.29. The molecule has 1 saturated heterocycles. The Morgan fingerprint density at radius 1 is 1.33 bits per heavy atom. The number of rotatable bonds is 5. The fourth-order valence-corrected chi connectivity index (χ4v) is 2.48. The summed E-state index contributed by atoms with van der Waals surface area (Å²) in [5, 5.41) is 3.39. The standard InChI is InChI=1S/C15H23ClN4O/c1-19-7-9-20(10-8-19)6-2-5-18-15(21)12-3-4-13(16)14(17)11-12/h3-4,11H,2,5-10,17H2,1H3,(H,18,21). The number of carbonyl (C=O) groups excluding carboxylic acids is 1. The summed E-state index contributed by atoms with van der Waals surface area (Å²) in [5.74, 6) is -0.100. The molecule has 116 valence electrons. The molecule has 0 spiro atoms. The average Bonchev–Trinajstić information content (AvgIpc) is 2.48. The van der Waals surface area contributed by atoms with Gasteiger partial charge in [-0.15, -0.1) is 0 Å². The van der Waals surface area contributed by atoms with E-state index in [1.807, 2.05) is 0 Å². The van der Waals surface area contributed by atoms with Crippen molar-refractivity contribution in [1.82, 2.24) is 15.1 Å². The monoisotopic (exact) mass is 310 g/mol. The fourth-order valence-electron chi connectivity index (χ4n) is 2.36. The van der Waals surface area contributed by atoms with Crippen molar-refractivity contribution in [3.8, 4) is 0 Å². The van der Waals surface area contributed by atoms with Gasteiger partial charge >= 0.3 is 0 Å². The number of likely N-dealkylation sites (N-methyl/N-ethyl adjacent to an activating group) is 1. The molecule has 1 aromatic rings. The van der Waals surface area contributed by atoms with E-state index >= 15 is 0 Å². The SMILES string of the molecule is CN1CCN(CCCNC(=O)c2ccc(Cl)c(N)c2)CC1. The normalized spacial score (nSPS) is 16.9. The first-order valence-electron chi connectivity index (χ1n) is 7.30. The third-order valence-electron chi connectivity index (χ3n) is 3.79. The second kappa shape index (κ2) is 7.64. The highest BCUT2D eigenvalue weighted by atomic mass is 35.5. The average molecular weight is 311 g/mol. The van der Waals surface area contributed by atoms with Crippen LogP contribution in [0.2, 0.25) is 5.02 Å². The Bertz CT molecular complexity index is 487. The maximum absolute atomic E-state index is 12.0. The Balaban J connectivity index is 1.68. The van der Waals surface area contributed by atoms with Gasteiger partial charge in [-0.1, -0.05) is 11.6 Å². The largest absolute Gasteiger partial charge is 0.398 e. The van der Waals surface area contributed by atoms with E-state index in [0.717, 1.165) is 39.1 Å². The van der Waals surface area contributed by atoms with Gasteiger partial charge in [0, 0.05) is 38.3 Å². The van der Waals surface area contributed by atoms with Gasteiger partial charge < -0.3 is 20.9 Å². The van der Waals surface area contributed by atoms with Crippen molar-refractivity contribution in [2.24, 2.45) is 0 Å². The number of halogens is 1. The first-order valence-corrected chi connectivity index (χ1v) is 7.68. The van der Waals surface area contributed by atoms with E-state index in [-0.39, 0.29) is 5.91 Å². The lowest BCUT2D eigenvalue weighted by Crippen LogP contribution is -2.45. The Morgan fingerprint density at radius 3 is 2.71 bits per heavy atom. The molecule has 0 bridgehead atoms. The smallest absolute Gasteiger partial charge is 0.251 e. The van der Waals surface area contributed by atoms with Gasteiger partial charge in [-0.3, -0.25) is 4.79 Å². The lowest BCUT2D eigenvalue weighted by molar-refractivity contribution is 0.0949. The molecule has 0 radical (unpaired) electrons.